The second-order valence-corrected chi connectivity index (χ2v) is 6.53. The van der Waals surface area contributed by atoms with Gasteiger partial charge in [-0.25, -0.2) is 0 Å². The van der Waals surface area contributed by atoms with Crippen molar-refractivity contribution in [3.8, 4) is 17.2 Å². The summed E-state index contributed by atoms with van der Waals surface area (Å²) >= 11 is 0. The molecule has 0 amide bonds. The van der Waals surface area contributed by atoms with Crippen molar-refractivity contribution in [2.45, 2.75) is 19.6 Å². The Hall–Kier alpha value is -2.28. The summed E-state index contributed by atoms with van der Waals surface area (Å²) in [5.74, 6) is 2.32. The van der Waals surface area contributed by atoms with E-state index in [1.54, 1.807) is 7.11 Å². The van der Waals surface area contributed by atoms with Crippen molar-refractivity contribution in [2.24, 2.45) is 0 Å². The Balaban J connectivity index is 1.69. The second-order valence-electron chi connectivity index (χ2n) is 6.53. The van der Waals surface area contributed by atoms with Gasteiger partial charge in [0.15, 0.2) is 0 Å². The first-order chi connectivity index (χ1) is 13.6. The Labute approximate surface area is 167 Å². The molecule has 0 saturated carbocycles. The van der Waals surface area contributed by atoms with Gasteiger partial charge in [0, 0.05) is 19.7 Å². The van der Waals surface area contributed by atoms with Gasteiger partial charge in [-0.3, -0.25) is 4.90 Å². The average molecular weight is 389 g/mol. The minimum Gasteiger partial charge on any atom is -0.497 e. The van der Waals surface area contributed by atoms with E-state index in [9.17, 15) is 5.11 Å². The number of methoxy groups -OCH3 is 1. The highest BCUT2D eigenvalue weighted by Gasteiger charge is 2.10. The third kappa shape index (κ3) is 8.17. The van der Waals surface area contributed by atoms with Gasteiger partial charge in [-0.1, -0.05) is 12.1 Å². The largest absolute Gasteiger partial charge is 0.497 e. The predicted molar refractivity (Wildman–Crippen MR) is 109 cm³/mol. The van der Waals surface area contributed by atoms with E-state index in [0.29, 0.717) is 32.1 Å². The Morgan fingerprint density at radius 1 is 0.893 bits per heavy atom. The molecule has 0 spiro atoms. The lowest BCUT2D eigenvalue weighted by molar-refractivity contribution is 0.0743. The molecule has 2 aromatic rings. The molecule has 0 radical (unpaired) electrons. The smallest absolute Gasteiger partial charge is 0.119 e. The van der Waals surface area contributed by atoms with Gasteiger partial charge >= 0.3 is 0 Å². The van der Waals surface area contributed by atoms with Crippen LogP contribution in [-0.4, -0.2) is 63.2 Å². The van der Waals surface area contributed by atoms with Gasteiger partial charge in [0.2, 0.25) is 0 Å². The van der Waals surface area contributed by atoms with E-state index in [1.165, 1.54) is 0 Å². The number of hydrogen-bond donors (Lipinski definition) is 1. The van der Waals surface area contributed by atoms with Crippen molar-refractivity contribution in [1.82, 2.24) is 4.90 Å². The zero-order valence-electron chi connectivity index (χ0n) is 17.0. The van der Waals surface area contributed by atoms with Crippen LogP contribution in [0.3, 0.4) is 0 Å². The Morgan fingerprint density at radius 2 is 1.50 bits per heavy atom. The summed E-state index contributed by atoms with van der Waals surface area (Å²) in [5, 5.41) is 10.2. The summed E-state index contributed by atoms with van der Waals surface area (Å²) in [7, 11) is 3.60. The molecule has 2 rings (SSSR count). The lowest BCUT2D eigenvalue weighted by Gasteiger charge is -2.21. The third-order valence-electron chi connectivity index (χ3n) is 4.10. The fraction of sp³-hybridized carbons (Fsp3) is 0.455. The molecule has 1 atom stereocenters. The first-order valence-electron chi connectivity index (χ1n) is 9.53. The summed E-state index contributed by atoms with van der Waals surface area (Å²) < 4.78 is 21.6. The highest BCUT2D eigenvalue weighted by atomic mass is 16.5. The number of benzene rings is 2. The molecule has 0 fully saturated rings. The van der Waals surface area contributed by atoms with Crippen molar-refractivity contribution in [1.29, 1.82) is 0 Å². The fourth-order valence-corrected chi connectivity index (χ4v) is 2.71. The van der Waals surface area contributed by atoms with Crippen LogP contribution < -0.4 is 14.2 Å². The molecular formula is C22H31NO5. The Kier molecular flexibility index (Phi) is 9.62. The number of nitrogens with zero attached hydrogens (tertiary/aromatic N) is 1. The van der Waals surface area contributed by atoms with Gasteiger partial charge in [0.05, 0.1) is 13.7 Å². The molecule has 6 nitrogen and oxygen atoms in total. The van der Waals surface area contributed by atoms with Crippen LogP contribution in [0.4, 0.5) is 0 Å². The van der Waals surface area contributed by atoms with E-state index in [0.717, 1.165) is 23.6 Å². The first kappa shape index (κ1) is 22.0. The molecular weight excluding hydrogens is 358 g/mol. The fourth-order valence-electron chi connectivity index (χ4n) is 2.71. The predicted octanol–water partition coefficient (Wildman–Crippen LogP) is 2.98. The molecule has 1 N–H and O–H groups in total. The zero-order valence-corrected chi connectivity index (χ0v) is 17.0. The van der Waals surface area contributed by atoms with Crippen molar-refractivity contribution < 1.29 is 24.1 Å². The average Bonchev–Trinajstić information content (AvgIpc) is 2.71. The van der Waals surface area contributed by atoms with E-state index >= 15 is 0 Å². The first-order valence-corrected chi connectivity index (χ1v) is 9.53. The molecule has 0 aliphatic rings. The Bertz CT molecular complexity index is 660. The second kappa shape index (κ2) is 12.2. The molecule has 28 heavy (non-hydrogen) atoms. The maximum atomic E-state index is 10.2. The molecule has 6 heteroatoms. The lowest BCUT2D eigenvalue weighted by Crippen LogP contribution is -2.32. The highest BCUT2D eigenvalue weighted by molar-refractivity contribution is 5.31. The third-order valence-corrected chi connectivity index (χ3v) is 4.10. The molecule has 0 bridgehead atoms. The van der Waals surface area contributed by atoms with Crippen molar-refractivity contribution in [3.63, 3.8) is 0 Å². The number of ether oxygens (including phenoxy) is 4. The van der Waals surface area contributed by atoms with E-state index in [1.807, 2.05) is 62.5 Å². The quantitative estimate of drug-likeness (QED) is 0.532. The van der Waals surface area contributed by atoms with Gasteiger partial charge < -0.3 is 24.1 Å². The maximum absolute atomic E-state index is 10.2. The SMILES string of the molecule is CCOCCOc1ccc(CN(C)C[C@@H](O)COc2ccc(OC)cc2)cc1. The summed E-state index contributed by atoms with van der Waals surface area (Å²) in [6.07, 6.45) is -0.576. The van der Waals surface area contributed by atoms with Gasteiger partial charge in [0.25, 0.3) is 0 Å². The highest BCUT2D eigenvalue weighted by Crippen LogP contribution is 2.17. The van der Waals surface area contributed by atoms with E-state index in [2.05, 4.69) is 4.90 Å². The number of hydrogen-bond acceptors (Lipinski definition) is 6. The number of aliphatic hydroxyl groups is 1. The molecule has 0 heterocycles. The summed E-state index contributed by atoms with van der Waals surface area (Å²) in [4.78, 5) is 2.06. The van der Waals surface area contributed by atoms with Crippen LogP contribution in [-0.2, 0) is 11.3 Å². The topological polar surface area (TPSA) is 60.4 Å². The lowest BCUT2D eigenvalue weighted by atomic mass is 10.2. The molecule has 0 aliphatic heterocycles. The van der Waals surface area contributed by atoms with Crippen molar-refractivity contribution in [3.05, 3.63) is 54.1 Å². The van der Waals surface area contributed by atoms with Gasteiger partial charge in [-0.05, 0) is 55.9 Å². The molecule has 154 valence electrons. The number of likely N-dealkylation sites (N-methyl/N-ethyl adjacent to an activating group) is 1. The van der Waals surface area contributed by atoms with Crippen LogP contribution in [0.1, 0.15) is 12.5 Å². The van der Waals surface area contributed by atoms with E-state index < -0.39 is 6.10 Å². The summed E-state index contributed by atoms with van der Waals surface area (Å²) in [5.41, 5.74) is 1.16. The molecule has 0 unspecified atom stereocenters. The van der Waals surface area contributed by atoms with Gasteiger partial charge in [-0.2, -0.15) is 0 Å². The Morgan fingerprint density at radius 3 is 2.14 bits per heavy atom. The van der Waals surface area contributed by atoms with Crippen LogP contribution in [0.25, 0.3) is 0 Å². The van der Waals surface area contributed by atoms with E-state index in [4.69, 9.17) is 18.9 Å². The van der Waals surface area contributed by atoms with Crippen molar-refractivity contribution >= 4 is 0 Å². The molecule has 0 aliphatic carbocycles. The van der Waals surface area contributed by atoms with Crippen LogP contribution in [0, 0.1) is 0 Å². The van der Waals surface area contributed by atoms with Crippen LogP contribution in [0.15, 0.2) is 48.5 Å². The molecule has 0 aromatic heterocycles. The minimum absolute atomic E-state index is 0.239. The van der Waals surface area contributed by atoms with Crippen molar-refractivity contribution in [2.75, 3.05) is 47.1 Å². The summed E-state index contributed by atoms with van der Waals surface area (Å²) in [6.45, 7) is 5.30. The number of aliphatic hydroxyl groups excluding tert-OH is 1. The summed E-state index contributed by atoms with van der Waals surface area (Å²) in [6, 6.07) is 15.3. The standard InChI is InChI=1S/C22H31NO5/c1-4-26-13-14-27-21-7-5-18(6-8-21)15-23(2)16-19(24)17-28-22-11-9-20(25-3)10-12-22/h5-12,19,24H,4,13-17H2,1-3H3/t19-/m1/s1. The zero-order chi connectivity index (χ0) is 20.2. The van der Waals surface area contributed by atoms with Gasteiger partial charge in [-0.15, -0.1) is 0 Å². The number of rotatable bonds is 13. The molecule has 2 aromatic carbocycles. The minimum atomic E-state index is -0.576. The normalized spacial score (nSPS) is 12.0. The van der Waals surface area contributed by atoms with Crippen LogP contribution in [0.5, 0.6) is 17.2 Å². The van der Waals surface area contributed by atoms with E-state index in [-0.39, 0.29) is 6.61 Å². The van der Waals surface area contributed by atoms with Crippen LogP contribution >= 0.6 is 0 Å². The van der Waals surface area contributed by atoms with Gasteiger partial charge in [0.1, 0.15) is 36.6 Å². The monoisotopic (exact) mass is 389 g/mol. The maximum Gasteiger partial charge on any atom is 0.119 e. The molecule has 0 saturated heterocycles. The van der Waals surface area contributed by atoms with Crippen LogP contribution in [0.2, 0.25) is 0 Å².